The van der Waals surface area contributed by atoms with Crippen molar-refractivity contribution in [2.24, 2.45) is 0 Å². The van der Waals surface area contributed by atoms with E-state index in [1.54, 1.807) is 17.8 Å². The number of hydrogen-bond donors (Lipinski definition) is 0. The first-order valence-electron chi connectivity index (χ1n) is 5.79. The molecule has 5 nitrogen and oxygen atoms in total. The number of ether oxygens (including phenoxy) is 1. The molecule has 0 spiro atoms. The molecular weight excluding hydrogens is 230 g/mol. The highest BCUT2D eigenvalue weighted by atomic mass is 16.5. The molecule has 1 heterocycles. The number of benzene rings is 1. The third-order valence-corrected chi connectivity index (χ3v) is 2.65. The van der Waals surface area contributed by atoms with E-state index in [-0.39, 0.29) is 5.69 Å². The van der Waals surface area contributed by atoms with Crippen LogP contribution in [0.4, 0.5) is 0 Å². The molecule has 0 fully saturated rings. The Morgan fingerprint density at radius 1 is 1.33 bits per heavy atom. The van der Waals surface area contributed by atoms with Crippen molar-refractivity contribution in [2.45, 2.75) is 20.8 Å². The Kier molecular flexibility index (Phi) is 3.41. The van der Waals surface area contributed by atoms with Crippen molar-refractivity contribution in [2.75, 3.05) is 6.61 Å². The van der Waals surface area contributed by atoms with Gasteiger partial charge in [0.05, 0.1) is 18.5 Å². The maximum atomic E-state index is 11.5. The fraction of sp³-hybridized carbons (Fsp3) is 0.308. The lowest BCUT2D eigenvalue weighted by Crippen LogP contribution is -2.05. The maximum Gasteiger partial charge on any atom is 0.360 e. The summed E-state index contributed by atoms with van der Waals surface area (Å²) in [6.45, 7) is 6.07. The van der Waals surface area contributed by atoms with E-state index < -0.39 is 5.97 Å². The maximum absolute atomic E-state index is 11.5. The largest absolute Gasteiger partial charge is 0.461 e. The number of rotatable bonds is 3. The molecule has 0 unspecified atom stereocenters. The van der Waals surface area contributed by atoms with Crippen LogP contribution >= 0.6 is 0 Å². The molecule has 0 amide bonds. The molecule has 5 heteroatoms. The van der Waals surface area contributed by atoms with Crippen molar-refractivity contribution >= 4 is 5.97 Å². The second kappa shape index (κ2) is 5.00. The minimum atomic E-state index is -0.449. The molecule has 0 saturated heterocycles. The van der Waals surface area contributed by atoms with Crippen molar-refractivity contribution in [1.29, 1.82) is 0 Å². The summed E-state index contributed by atoms with van der Waals surface area (Å²) in [4.78, 5) is 11.5. The van der Waals surface area contributed by atoms with E-state index >= 15 is 0 Å². The van der Waals surface area contributed by atoms with Crippen molar-refractivity contribution in [3.63, 3.8) is 0 Å². The van der Waals surface area contributed by atoms with Gasteiger partial charge in [0.1, 0.15) is 0 Å². The predicted molar refractivity (Wildman–Crippen MR) is 66.8 cm³/mol. The van der Waals surface area contributed by atoms with Gasteiger partial charge in [-0.2, -0.15) is 0 Å². The number of nitrogens with zero attached hydrogens (tertiary/aromatic N) is 3. The molecule has 0 N–H and O–H groups in total. The Labute approximate surface area is 105 Å². The van der Waals surface area contributed by atoms with Crippen LogP contribution in [0, 0.1) is 13.8 Å². The summed E-state index contributed by atoms with van der Waals surface area (Å²) in [6, 6.07) is 5.97. The van der Waals surface area contributed by atoms with Gasteiger partial charge in [0.25, 0.3) is 0 Å². The number of carbonyl (C=O) groups is 1. The molecule has 2 rings (SSSR count). The van der Waals surface area contributed by atoms with E-state index in [9.17, 15) is 4.79 Å². The van der Waals surface area contributed by atoms with Crippen LogP contribution in [0.1, 0.15) is 28.5 Å². The van der Waals surface area contributed by atoms with Crippen LogP contribution in [-0.4, -0.2) is 27.6 Å². The molecule has 2 aromatic rings. The number of esters is 1. The molecule has 0 aliphatic rings. The zero-order valence-electron chi connectivity index (χ0n) is 10.7. The van der Waals surface area contributed by atoms with E-state index in [0.717, 1.165) is 16.8 Å². The normalized spacial score (nSPS) is 10.4. The van der Waals surface area contributed by atoms with Gasteiger partial charge >= 0.3 is 5.97 Å². The Bertz CT molecular complexity index is 555. The van der Waals surface area contributed by atoms with Crippen LogP contribution < -0.4 is 0 Å². The molecule has 0 radical (unpaired) electrons. The molecule has 0 saturated carbocycles. The lowest BCUT2D eigenvalue weighted by atomic mass is 10.1. The van der Waals surface area contributed by atoms with Gasteiger partial charge < -0.3 is 4.74 Å². The monoisotopic (exact) mass is 245 g/mol. The van der Waals surface area contributed by atoms with Crippen LogP contribution in [-0.2, 0) is 4.74 Å². The van der Waals surface area contributed by atoms with Crippen molar-refractivity contribution in [1.82, 2.24) is 15.0 Å². The quantitative estimate of drug-likeness (QED) is 0.777. The molecule has 1 aromatic heterocycles. The van der Waals surface area contributed by atoms with E-state index in [0.29, 0.717) is 6.61 Å². The number of para-hydroxylation sites is 1. The molecule has 0 aliphatic carbocycles. The predicted octanol–water partition coefficient (Wildman–Crippen LogP) is 2.06. The minimum Gasteiger partial charge on any atom is -0.461 e. The fourth-order valence-corrected chi connectivity index (χ4v) is 1.84. The topological polar surface area (TPSA) is 57.0 Å². The third kappa shape index (κ3) is 2.25. The third-order valence-electron chi connectivity index (χ3n) is 2.65. The average Bonchev–Trinajstić information content (AvgIpc) is 2.78. The van der Waals surface area contributed by atoms with E-state index in [1.807, 2.05) is 32.0 Å². The van der Waals surface area contributed by atoms with E-state index in [1.165, 1.54) is 0 Å². The Morgan fingerprint density at radius 3 is 2.61 bits per heavy atom. The Morgan fingerprint density at radius 2 is 2.00 bits per heavy atom. The molecule has 94 valence electrons. The average molecular weight is 245 g/mol. The van der Waals surface area contributed by atoms with Gasteiger partial charge in [-0.1, -0.05) is 23.4 Å². The summed E-state index contributed by atoms with van der Waals surface area (Å²) in [7, 11) is 0. The highest BCUT2D eigenvalue weighted by Crippen LogP contribution is 2.17. The standard InChI is InChI=1S/C13H15N3O2/c1-4-18-13(17)11-8-16(15-14-11)12-9(2)6-5-7-10(12)3/h5-8H,4H2,1-3H3. The number of aromatic nitrogens is 3. The van der Waals surface area contributed by atoms with Crippen LogP contribution in [0.3, 0.4) is 0 Å². The first-order chi connectivity index (χ1) is 8.63. The van der Waals surface area contributed by atoms with E-state index in [2.05, 4.69) is 10.3 Å². The SMILES string of the molecule is CCOC(=O)c1cn(-c2c(C)cccc2C)nn1. The highest BCUT2D eigenvalue weighted by molar-refractivity contribution is 5.86. The summed E-state index contributed by atoms with van der Waals surface area (Å²) in [5.74, 6) is -0.449. The second-order valence-corrected chi connectivity index (χ2v) is 4.01. The second-order valence-electron chi connectivity index (χ2n) is 4.01. The van der Waals surface area contributed by atoms with Gasteiger partial charge in [-0.3, -0.25) is 0 Å². The highest BCUT2D eigenvalue weighted by Gasteiger charge is 2.14. The van der Waals surface area contributed by atoms with Crippen LogP contribution in [0.5, 0.6) is 0 Å². The minimum absolute atomic E-state index is 0.222. The summed E-state index contributed by atoms with van der Waals surface area (Å²) >= 11 is 0. The van der Waals surface area contributed by atoms with Crippen molar-refractivity contribution < 1.29 is 9.53 Å². The zero-order chi connectivity index (χ0) is 13.1. The summed E-state index contributed by atoms with van der Waals surface area (Å²) in [5.41, 5.74) is 3.32. The first-order valence-corrected chi connectivity index (χ1v) is 5.79. The molecule has 0 atom stereocenters. The van der Waals surface area contributed by atoms with Crippen molar-refractivity contribution in [3.8, 4) is 5.69 Å². The zero-order valence-corrected chi connectivity index (χ0v) is 10.7. The Balaban J connectivity index is 2.38. The van der Waals surface area contributed by atoms with Gasteiger partial charge in [0.15, 0.2) is 5.69 Å². The number of carbonyl (C=O) groups excluding carboxylic acids is 1. The van der Waals surface area contributed by atoms with Crippen molar-refractivity contribution in [3.05, 3.63) is 41.2 Å². The van der Waals surface area contributed by atoms with Gasteiger partial charge in [-0.05, 0) is 31.9 Å². The lowest BCUT2D eigenvalue weighted by Gasteiger charge is -2.07. The lowest BCUT2D eigenvalue weighted by molar-refractivity contribution is 0.0519. The fourth-order valence-electron chi connectivity index (χ4n) is 1.84. The molecule has 18 heavy (non-hydrogen) atoms. The molecule has 0 bridgehead atoms. The Hall–Kier alpha value is -2.17. The first kappa shape index (κ1) is 12.3. The van der Waals surface area contributed by atoms with Gasteiger partial charge in [0, 0.05) is 0 Å². The number of aryl methyl sites for hydroxylation is 2. The van der Waals surface area contributed by atoms with Gasteiger partial charge in [-0.25, -0.2) is 9.48 Å². The number of hydrogen-bond acceptors (Lipinski definition) is 4. The molecular formula is C13H15N3O2. The van der Waals surface area contributed by atoms with Crippen LogP contribution in [0.25, 0.3) is 5.69 Å². The summed E-state index contributed by atoms with van der Waals surface area (Å²) in [5, 5.41) is 7.81. The van der Waals surface area contributed by atoms with Gasteiger partial charge in [0.2, 0.25) is 0 Å². The smallest absolute Gasteiger partial charge is 0.360 e. The van der Waals surface area contributed by atoms with Crippen LogP contribution in [0.2, 0.25) is 0 Å². The van der Waals surface area contributed by atoms with Gasteiger partial charge in [-0.15, -0.1) is 5.10 Å². The van der Waals surface area contributed by atoms with Crippen LogP contribution in [0.15, 0.2) is 24.4 Å². The van der Waals surface area contributed by atoms with E-state index in [4.69, 9.17) is 4.74 Å². The molecule has 0 aliphatic heterocycles. The summed E-state index contributed by atoms with van der Waals surface area (Å²) < 4.78 is 6.49. The molecule has 1 aromatic carbocycles. The summed E-state index contributed by atoms with van der Waals surface area (Å²) in [6.07, 6.45) is 1.59.